The largest absolute Gasteiger partial charge is 0.364 e. The molecule has 0 saturated heterocycles. The molecule has 214 valence electrons. The number of fused-ring (bicyclic) bond motifs is 6. The standard InChI is InChI=1S/C32H14F6N6/c33-21-7-15(8-22(34)25(21)37)13-1-3-17-19(5-13)27(41-11-39)31-29(17)43-32-28(42-12-40)20-6-14(2-4-18(20)30(32)44-31)16-9-23(35)26(38)24(36)10-16/h1-11,27H,(H2,39,41)/b42-28+. The second kappa shape index (κ2) is 9.88. The molecule has 1 heterocycles. The Morgan fingerprint density at radius 2 is 1.25 bits per heavy atom. The lowest BCUT2D eigenvalue weighted by Gasteiger charge is -2.14. The van der Waals surface area contributed by atoms with E-state index in [1.807, 2.05) is 0 Å². The first-order valence-corrected chi connectivity index (χ1v) is 12.9. The van der Waals surface area contributed by atoms with Crippen molar-refractivity contribution in [2.75, 3.05) is 0 Å². The first-order chi connectivity index (χ1) is 21.2. The van der Waals surface area contributed by atoms with Crippen LogP contribution < -0.4 is 5.32 Å². The van der Waals surface area contributed by atoms with Gasteiger partial charge in [0.2, 0.25) is 6.19 Å². The predicted molar refractivity (Wildman–Crippen MR) is 149 cm³/mol. The van der Waals surface area contributed by atoms with Gasteiger partial charge in [-0.05, 0) is 64.2 Å². The highest BCUT2D eigenvalue weighted by atomic mass is 19.2. The van der Waals surface area contributed by atoms with Crippen LogP contribution in [0.3, 0.4) is 0 Å². The Morgan fingerprint density at radius 3 is 1.82 bits per heavy atom. The molecule has 2 aliphatic carbocycles. The molecule has 0 fully saturated rings. The van der Waals surface area contributed by atoms with Crippen LogP contribution in [0.25, 0.3) is 44.8 Å². The predicted octanol–water partition coefficient (Wildman–Crippen LogP) is 7.21. The normalized spacial score (nSPS) is 14.9. The molecule has 0 bridgehead atoms. The number of nitrogens with zero attached hydrogens (tertiary/aromatic N) is 4. The third-order valence-electron chi connectivity index (χ3n) is 7.61. The van der Waals surface area contributed by atoms with Crippen molar-refractivity contribution in [2.24, 2.45) is 4.99 Å². The summed E-state index contributed by atoms with van der Waals surface area (Å²) in [5.41, 5.74) is 4.64. The van der Waals surface area contributed by atoms with Crippen molar-refractivity contribution in [1.82, 2.24) is 15.3 Å². The number of hydrogen-bond acceptors (Lipinski definition) is 5. The molecule has 2 aliphatic rings. The van der Waals surface area contributed by atoms with Crippen LogP contribution in [0.5, 0.6) is 0 Å². The van der Waals surface area contributed by atoms with Crippen LogP contribution in [-0.2, 0) is 0 Å². The molecule has 0 amide bonds. The van der Waals surface area contributed by atoms with Gasteiger partial charge in [-0.25, -0.2) is 36.3 Å². The number of hydrogen-bond donors (Lipinski definition) is 2. The van der Waals surface area contributed by atoms with E-state index in [0.717, 1.165) is 30.6 Å². The fraction of sp³-hybridized carbons (Fsp3) is 0.0312. The maximum atomic E-state index is 14.0. The molecule has 1 aromatic heterocycles. The first-order valence-electron chi connectivity index (χ1n) is 12.9. The summed E-state index contributed by atoms with van der Waals surface area (Å²) in [6.45, 7) is 0. The second-order valence-corrected chi connectivity index (χ2v) is 10.0. The fourth-order valence-electron chi connectivity index (χ4n) is 5.66. The number of aliphatic imine (C=N–C) groups is 1. The van der Waals surface area contributed by atoms with E-state index in [0.29, 0.717) is 50.5 Å². The van der Waals surface area contributed by atoms with Gasteiger partial charge in [-0.1, -0.05) is 24.3 Å². The summed E-state index contributed by atoms with van der Waals surface area (Å²) < 4.78 is 83.0. The monoisotopic (exact) mass is 596 g/mol. The first kappa shape index (κ1) is 27.0. The van der Waals surface area contributed by atoms with Gasteiger partial charge < -0.3 is 5.32 Å². The molecule has 0 aliphatic heterocycles. The number of nitrogens with one attached hydrogen (secondary N) is 2. The molecule has 0 radical (unpaired) electrons. The fourth-order valence-corrected chi connectivity index (χ4v) is 5.66. The smallest absolute Gasteiger partial charge is 0.206 e. The lowest BCUT2D eigenvalue weighted by Crippen LogP contribution is -2.19. The summed E-state index contributed by atoms with van der Waals surface area (Å²) in [6.07, 6.45) is 2.72. The molecule has 1 unspecified atom stereocenters. The van der Waals surface area contributed by atoms with Gasteiger partial charge in [-0.3, -0.25) is 5.41 Å². The summed E-state index contributed by atoms with van der Waals surface area (Å²) in [7, 11) is 0. The minimum Gasteiger partial charge on any atom is -0.364 e. The molecule has 5 aromatic rings. The van der Waals surface area contributed by atoms with Crippen LogP contribution in [0.4, 0.5) is 26.3 Å². The van der Waals surface area contributed by atoms with E-state index in [4.69, 9.17) is 15.4 Å². The van der Waals surface area contributed by atoms with Crippen LogP contribution in [0.1, 0.15) is 28.6 Å². The van der Waals surface area contributed by atoms with E-state index in [1.54, 1.807) is 42.6 Å². The highest BCUT2D eigenvalue weighted by Crippen LogP contribution is 2.46. The number of nitriles is 1. The molecule has 4 aromatic carbocycles. The highest BCUT2D eigenvalue weighted by Gasteiger charge is 2.37. The van der Waals surface area contributed by atoms with Gasteiger partial charge in [-0.15, -0.1) is 0 Å². The molecule has 7 rings (SSSR count). The van der Waals surface area contributed by atoms with Gasteiger partial charge in [0.15, 0.2) is 34.9 Å². The van der Waals surface area contributed by atoms with Gasteiger partial charge in [-0.2, -0.15) is 10.3 Å². The van der Waals surface area contributed by atoms with Crippen molar-refractivity contribution in [3.05, 3.63) is 118 Å². The molecule has 0 spiro atoms. The number of halogens is 6. The Labute approximate surface area is 244 Å². The molecule has 0 saturated carbocycles. The van der Waals surface area contributed by atoms with Gasteiger partial charge >= 0.3 is 0 Å². The minimum atomic E-state index is -1.59. The Bertz CT molecular complexity index is 2120. The third-order valence-corrected chi connectivity index (χ3v) is 7.61. The lowest BCUT2D eigenvalue weighted by atomic mass is 9.98. The van der Waals surface area contributed by atoms with Gasteiger partial charge in [0.05, 0.1) is 29.5 Å². The zero-order valence-corrected chi connectivity index (χ0v) is 22.0. The third kappa shape index (κ3) is 3.97. The van der Waals surface area contributed by atoms with E-state index >= 15 is 0 Å². The molecule has 2 N–H and O–H groups in total. The number of aromatic nitrogens is 2. The summed E-state index contributed by atoms with van der Waals surface area (Å²) in [5, 5.41) is 20.1. The average Bonchev–Trinajstić information content (AvgIpc) is 3.48. The Balaban J connectivity index is 1.37. The average molecular weight is 596 g/mol. The Morgan fingerprint density at radius 1 is 0.682 bits per heavy atom. The maximum Gasteiger partial charge on any atom is 0.206 e. The highest BCUT2D eigenvalue weighted by molar-refractivity contribution is 6.23. The van der Waals surface area contributed by atoms with E-state index in [-0.39, 0.29) is 22.5 Å². The van der Waals surface area contributed by atoms with Crippen LogP contribution in [0, 0.1) is 51.8 Å². The summed E-state index contributed by atoms with van der Waals surface area (Å²) in [4.78, 5) is 13.6. The summed E-state index contributed by atoms with van der Waals surface area (Å²) in [6, 6.07) is 12.4. The van der Waals surface area contributed by atoms with Crippen LogP contribution in [0.2, 0.25) is 0 Å². The van der Waals surface area contributed by atoms with E-state index in [9.17, 15) is 31.6 Å². The van der Waals surface area contributed by atoms with E-state index < -0.39 is 40.9 Å². The van der Waals surface area contributed by atoms with Crippen molar-refractivity contribution in [3.8, 4) is 51.0 Å². The van der Waals surface area contributed by atoms with Gasteiger partial charge in [0.25, 0.3) is 0 Å². The van der Waals surface area contributed by atoms with Crippen LogP contribution in [0.15, 0.2) is 65.7 Å². The molecular weight excluding hydrogens is 582 g/mol. The van der Waals surface area contributed by atoms with E-state index in [1.165, 1.54) is 0 Å². The zero-order valence-electron chi connectivity index (χ0n) is 22.0. The van der Waals surface area contributed by atoms with Crippen LogP contribution in [-0.4, -0.2) is 22.0 Å². The number of benzene rings is 4. The topological polar surface area (TPSA) is 97.8 Å². The van der Waals surface area contributed by atoms with Crippen molar-refractivity contribution >= 4 is 12.1 Å². The SMILES string of the molecule is N#C/N=C1\c2cc(-c3cc(F)c(F)c(F)c3)ccc2-c2nc3c(nc21)-c1ccc(-c2cc(F)c(F)c(F)c2)cc1C3NC=N. The van der Waals surface area contributed by atoms with Crippen molar-refractivity contribution < 1.29 is 26.3 Å². The Hall–Kier alpha value is -5.83. The molecule has 12 heteroatoms. The summed E-state index contributed by atoms with van der Waals surface area (Å²) in [5.74, 6) is -8.54. The maximum absolute atomic E-state index is 14.0. The second-order valence-electron chi connectivity index (χ2n) is 10.0. The zero-order chi connectivity index (χ0) is 30.9. The molecule has 1 atom stereocenters. The van der Waals surface area contributed by atoms with Crippen molar-refractivity contribution in [2.45, 2.75) is 6.04 Å². The molecular formula is C32H14F6N6. The van der Waals surface area contributed by atoms with Gasteiger partial charge in [0, 0.05) is 16.7 Å². The van der Waals surface area contributed by atoms with Crippen molar-refractivity contribution in [3.63, 3.8) is 0 Å². The molecule has 44 heavy (non-hydrogen) atoms. The Kier molecular flexibility index (Phi) is 6.07. The minimum absolute atomic E-state index is 0.0702. The van der Waals surface area contributed by atoms with Crippen LogP contribution >= 0.6 is 0 Å². The lowest BCUT2D eigenvalue weighted by molar-refractivity contribution is 0.447. The number of rotatable bonds is 4. The van der Waals surface area contributed by atoms with Crippen molar-refractivity contribution in [1.29, 1.82) is 10.7 Å². The summed E-state index contributed by atoms with van der Waals surface area (Å²) >= 11 is 0. The van der Waals surface area contributed by atoms with Gasteiger partial charge in [0.1, 0.15) is 11.4 Å². The molecule has 6 nitrogen and oxygen atoms in total. The van der Waals surface area contributed by atoms with E-state index in [2.05, 4.69) is 10.3 Å². The quantitative estimate of drug-likeness (QED) is 0.0739.